The predicted molar refractivity (Wildman–Crippen MR) is 98.5 cm³/mol. The smallest absolute Gasteiger partial charge is 0.298 e. The van der Waals surface area contributed by atoms with Crippen molar-refractivity contribution in [3.63, 3.8) is 0 Å². The predicted octanol–water partition coefficient (Wildman–Crippen LogP) is 4.06. The second kappa shape index (κ2) is 5.78. The Hall–Kier alpha value is -2.63. The molecule has 0 bridgehead atoms. The van der Waals surface area contributed by atoms with Crippen molar-refractivity contribution in [1.29, 1.82) is 0 Å². The number of nitrogens with zero attached hydrogens (tertiary/aromatic N) is 1. The Kier molecular flexibility index (Phi) is 3.59. The van der Waals surface area contributed by atoms with Crippen LogP contribution >= 0.6 is 22.9 Å². The fourth-order valence-electron chi connectivity index (χ4n) is 2.67. The molecule has 0 aliphatic rings. The number of nitrogens with one attached hydrogen (secondary N) is 1. The average Bonchev–Trinajstić information content (AvgIpc) is 3.01. The summed E-state index contributed by atoms with van der Waals surface area (Å²) in [4.78, 5) is 28.7. The first kappa shape index (κ1) is 14.9. The van der Waals surface area contributed by atoms with Gasteiger partial charge in [0.05, 0.1) is 11.1 Å². The number of fused-ring (bicyclic) bond motifs is 1. The summed E-state index contributed by atoms with van der Waals surface area (Å²) in [6, 6.07) is 16.3. The van der Waals surface area contributed by atoms with Gasteiger partial charge in [-0.05, 0) is 29.8 Å². The van der Waals surface area contributed by atoms with Crippen LogP contribution in [0.25, 0.3) is 27.0 Å². The SMILES string of the molecule is O=c1[nH]c2scc(-c3ccccc3)c2c(=O)n1-c1ccc(Cl)cc1. The quantitative estimate of drug-likeness (QED) is 0.590. The third-order valence-electron chi connectivity index (χ3n) is 3.80. The molecule has 6 heteroatoms. The highest BCUT2D eigenvalue weighted by atomic mass is 35.5. The van der Waals surface area contributed by atoms with E-state index < -0.39 is 5.69 Å². The topological polar surface area (TPSA) is 54.9 Å². The molecule has 0 spiro atoms. The Morgan fingerprint density at radius 2 is 1.67 bits per heavy atom. The summed E-state index contributed by atoms with van der Waals surface area (Å²) >= 11 is 7.24. The van der Waals surface area contributed by atoms with Crippen LogP contribution in [0.5, 0.6) is 0 Å². The summed E-state index contributed by atoms with van der Waals surface area (Å²) in [5.41, 5.74) is 1.44. The molecule has 2 heterocycles. The first-order valence-corrected chi connectivity index (χ1v) is 8.49. The monoisotopic (exact) mass is 354 g/mol. The van der Waals surface area contributed by atoms with E-state index in [1.807, 2.05) is 35.7 Å². The molecule has 1 N–H and O–H groups in total. The minimum atomic E-state index is -0.462. The van der Waals surface area contributed by atoms with Crippen LogP contribution in [-0.2, 0) is 0 Å². The second-order valence-corrected chi connectivity index (χ2v) is 6.58. The molecule has 0 aliphatic heterocycles. The summed E-state index contributed by atoms with van der Waals surface area (Å²) in [5.74, 6) is 0. The lowest BCUT2D eigenvalue weighted by Crippen LogP contribution is -2.33. The van der Waals surface area contributed by atoms with Gasteiger partial charge in [-0.1, -0.05) is 41.9 Å². The fraction of sp³-hybridized carbons (Fsp3) is 0. The van der Waals surface area contributed by atoms with Crippen molar-refractivity contribution in [2.24, 2.45) is 0 Å². The van der Waals surface area contributed by atoms with E-state index in [1.54, 1.807) is 24.3 Å². The first-order valence-electron chi connectivity index (χ1n) is 7.23. The normalized spacial score (nSPS) is 11.0. The number of halogens is 1. The van der Waals surface area contributed by atoms with Crippen LogP contribution in [-0.4, -0.2) is 9.55 Å². The number of rotatable bonds is 2. The molecular weight excluding hydrogens is 344 g/mol. The van der Waals surface area contributed by atoms with E-state index in [0.29, 0.717) is 20.9 Å². The van der Waals surface area contributed by atoms with Gasteiger partial charge in [0.25, 0.3) is 5.56 Å². The van der Waals surface area contributed by atoms with Gasteiger partial charge in [0.2, 0.25) is 0 Å². The van der Waals surface area contributed by atoms with Crippen LogP contribution in [0.2, 0.25) is 5.02 Å². The molecular formula is C18H11ClN2O2S. The Morgan fingerprint density at radius 1 is 0.958 bits per heavy atom. The molecule has 0 radical (unpaired) electrons. The van der Waals surface area contributed by atoms with Gasteiger partial charge in [0.1, 0.15) is 4.83 Å². The molecule has 2 aromatic carbocycles. The summed E-state index contributed by atoms with van der Waals surface area (Å²) in [6.07, 6.45) is 0. The van der Waals surface area contributed by atoms with Crippen molar-refractivity contribution in [3.8, 4) is 16.8 Å². The van der Waals surface area contributed by atoms with Gasteiger partial charge >= 0.3 is 5.69 Å². The van der Waals surface area contributed by atoms with Crippen molar-refractivity contribution in [3.05, 3.63) is 85.8 Å². The highest BCUT2D eigenvalue weighted by Crippen LogP contribution is 2.30. The average molecular weight is 355 g/mol. The molecule has 0 unspecified atom stereocenters. The fourth-order valence-corrected chi connectivity index (χ4v) is 3.75. The van der Waals surface area contributed by atoms with E-state index in [1.165, 1.54) is 11.3 Å². The summed E-state index contributed by atoms with van der Waals surface area (Å²) in [5, 5.41) is 2.95. The molecule has 24 heavy (non-hydrogen) atoms. The Balaban J connectivity index is 2.05. The molecule has 0 fully saturated rings. The number of aromatic amines is 1. The highest BCUT2D eigenvalue weighted by molar-refractivity contribution is 7.17. The molecule has 0 amide bonds. The van der Waals surface area contributed by atoms with E-state index in [0.717, 1.165) is 15.7 Å². The minimum absolute atomic E-state index is 0.337. The zero-order chi connectivity index (χ0) is 16.7. The van der Waals surface area contributed by atoms with Crippen molar-refractivity contribution in [2.45, 2.75) is 0 Å². The Labute approximate surface area is 145 Å². The van der Waals surface area contributed by atoms with Gasteiger partial charge in [-0.2, -0.15) is 0 Å². The molecule has 2 aromatic heterocycles. The van der Waals surface area contributed by atoms with E-state index in [4.69, 9.17) is 11.6 Å². The number of benzene rings is 2. The van der Waals surface area contributed by atoms with Crippen LogP contribution in [0.4, 0.5) is 0 Å². The van der Waals surface area contributed by atoms with Crippen molar-refractivity contribution in [2.75, 3.05) is 0 Å². The zero-order valence-corrected chi connectivity index (χ0v) is 13.9. The van der Waals surface area contributed by atoms with Crippen molar-refractivity contribution in [1.82, 2.24) is 9.55 Å². The van der Waals surface area contributed by atoms with E-state index in [2.05, 4.69) is 4.98 Å². The molecule has 4 rings (SSSR count). The number of H-pyrrole nitrogens is 1. The van der Waals surface area contributed by atoms with Crippen molar-refractivity contribution >= 4 is 33.2 Å². The van der Waals surface area contributed by atoms with Crippen LogP contribution < -0.4 is 11.2 Å². The summed E-state index contributed by atoms with van der Waals surface area (Å²) in [6.45, 7) is 0. The summed E-state index contributed by atoms with van der Waals surface area (Å²) < 4.78 is 1.14. The lowest BCUT2D eigenvalue weighted by molar-refractivity contribution is 0.905. The van der Waals surface area contributed by atoms with E-state index in [-0.39, 0.29) is 5.56 Å². The highest BCUT2D eigenvalue weighted by Gasteiger charge is 2.15. The molecule has 0 atom stereocenters. The summed E-state index contributed by atoms with van der Waals surface area (Å²) in [7, 11) is 0. The van der Waals surface area contributed by atoms with Gasteiger partial charge in [-0.3, -0.25) is 9.78 Å². The lowest BCUT2D eigenvalue weighted by atomic mass is 10.1. The lowest BCUT2D eigenvalue weighted by Gasteiger charge is -2.06. The van der Waals surface area contributed by atoms with Gasteiger partial charge in [-0.25, -0.2) is 9.36 Å². The first-order chi connectivity index (χ1) is 11.6. The zero-order valence-electron chi connectivity index (χ0n) is 12.3. The van der Waals surface area contributed by atoms with E-state index >= 15 is 0 Å². The number of thiophene rings is 1. The maximum Gasteiger partial charge on any atom is 0.334 e. The van der Waals surface area contributed by atoms with Crippen LogP contribution in [0, 0.1) is 0 Å². The molecule has 118 valence electrons. The van der Waals surface area contributed by atoms with Crippen molar-refractivity contribution < 1.29 is 0 Å². The van der Waals surface area contributed by atoms with Crippen LogP contribution in [0.15, 0.2) is 69.6 Å². The number of aromatic nitrogens is 2. The van der Waals surface area contributed by atoms with Gasteiger partial charge < -0.3 is 0 Å². The molecule has 0 saturated carbocycles. The molecule has 0 aliphatic carbocycles. The molecule has 4 aromatic rings. The van der Waals surface area contributed by atoms with E-state index in [9.17, 15) is 9.59 Å². The standard InChI is InChI=1S/C18H11ClN2O2S/c19-12-6-8-13(9-7-12)21-17(22)15-14(11-4-2-1-3-5-11)10-24-16(15)20-18(21)23/h1-10H,(H,20,23). The third kappa shape index (κ3) is 2.38. The maximum atomic E-state index is 13.0. The molecule has 0 saturated heterocycles. The second-order valence-electron chi connectivity index (χ2n) is 5.27. The largest absolute Gasteiger partial charge is 0.334 e. The van der Waals surface area contributed by atoms with Gasteiger partial charge in [-0.15, -0.1) is 11.3 Å². The molecule has 4 nitrogen and oxygen atoms in total. The van der Waals surface area contributed by atoms with Gasteiger partial charge in [0.15, 0.2) is 0 Å². The van der Waals surface area contributed by atoms with Crippen LogP contribution in [0.3, 0.4) is 0 Å². The Morgan fingerprint density at radius 3 is 2.38 bits per heavy atom. The van der Waals surface area contributed by atoms with Crippen LogP contribution in [0.1, 0.15) is 0 Å². The maximum absolute atomic E-state index is 13.0. The Bertz CT molecular complexity index is 1140. The third-order valence-corrected chi connectivity index (χ3v) is 4.95. The van der Waals surface area contributed by atoms with Gasteiger partial charge in [0, 0.05) is 16.0 Å². The number of hydrogen-bond donors (Lipinski definition) is 1. The number of hydrogen-bond acceptors (Lipinski definition) is 3. The minimum Gasteiger partial charge on any atom is -0.298 e.